The van der Waals surface area contributed by atoms with Crippen LogP contribution in [0.1, 0.15) is 12.6 Å². The van der Waals surface area contributed by atoms with Crippen LogP contribution in [0.5, 0.6) is 0 Å². The van der Waals surface area contributed by atoms with Crippen molar-refractivity contribution in [2.45, 2.75) is 13.3 Å². The molecule has 0 fully saturated rings. The van der Waals surface area contributed by atoms with Crippen molar-refractivity contribution in [3.63, 3.8) is 0 Å². The minimum absolute atomic E-state index is 0.281. The summed E-state index contributed by atoms with van der Waals surface area (Å²) in [5.41, 5.74) is 1.69. The standard InChI is InChI=1S/C13H14FNO2/c1-8(13(16)17)5-11-6-9-3-4-10(14)7-12(9)15(11)2/h3-4,6-8H,5H2,1-2H3,(H,16,17). The third-order valence-electron chi connectivity index (χ3n) is 3.04. The van der Waals surface area contributed by atoms with Crippen LogP contribution in [-0.2, 0) is 18.3 Å². The first-order chi connectivity index (χ1) is 7.99. The molecule has 1 aromatic carbocycles. The van der Waals surface area contributed by atoms with E-state index in [2.05, 4.69) is 0 Å². The van der Waals surface area contributed by atoms with E-state index < -0.39 is 11.9 Å². The van der Waals surface area contributed by atoms with Gasteiger partial charge in [-0.25, -0.2) is 4.39 Å². The lowest BCUT2D eigenvalue weighted by Crippen LogP contribution is -2.14. The molecule has 1 unspecified atom stereocenters. The number of nitrogens with zero attached hydrogens (tertiary/aromatic N) is 1. The van der Waals surface area contributed by atoms with Crippen LogP contribution < -0.4 is 0 Å². The summed E-state index contributed by atoms with van der Waals surface area (Å²) in [6, 6.07) is 6.49. The Hall–Kier alpha value is -1.84. The molecule has 0 aliphatic rings. The highest BCUT2D eigenvalue weighted by Crippen LogP contribution is 2.21. The zero-order valence-corrected chi connectivity index (χ0v) is 9.77. The van der Waals surface area contributed by atoms with Crippen LogP contribution in [0.2, 0.25) is 0 Å². The predicted molar refractivity (Wildman–Crippen MR) is 63.4 cm³/mol. The number of aryl methyl sites for hydroxylation is 1. The van der Waals surface area contributed by atoms with E-state index in [9.17, 15) is 9.18 Å². The zero-order chi connectivity index (χ0) is 12.6. The third kappa shape index (κ3) is 2.16. The van der Waals surface area contributed by atoms with Crippen LogP contribution in [0.15, 0.2) is 24.3 Å². The van der Waals surface area contributed by atoms with E-state index in [0.717, 1.165) is 16.6 Å². The summed E-state index contributed by atoms with van der Waals surface area (Å²) in [6.45, 7) is 1.67. The lowest BCUT2D eigenvalue weighted by molar-refractivity contribution is -0.141. The van der Waals surface area contributed by atoms with Crippen molar-refractivity contribution >= 4 is 16.9 Å². The molecule has 1 aromatic heterocycles. The Kier molecular flexibility index (Phi) is 2.88. The van der Waals surface area contributed by atoms with Gasteiger partial charge in [0.25, 0.3) is 0 Å². The maximum atomic E-state index is 13.1. The van der Waals surface area contributed by atoms with Gasteiger partial charge >= 0.3 is 5.97 Å². The van der Waals surface area contributed by atoms with Gasteiger partial charge in [0.2, 0.25) is 0 Å². The molecule has 1 N–H and O–H groups in total. The van der Waals surface area contributed by atoms with E-state index in [4.69, 9.17) is 5.11 Å². The number of fused-ring (bicyclic) bond motifs is 1. The first-order valence-electron chi connectivity index (χ1n) is 5.45. The van der Waals surface area contributed by atoms with Crippen LogP contribution in [-0.4, -0.2) is 15.6 Å². The van der Waals surface area contributed by atoms with Crippen LogP contribution in [0.3, 0.4) is 0 Å². The summed E-state index contributed by atoms with van der Waals surface area (Å²) in [5.74, 6) is -1.54. The van der Waals surface area contributed by atoms with Crippen molar-refractivity contribution in [2.24, 2.45) is 13.0 Å². The third-order valence-corrected chi connectivity index (χ3v) is 3.04. The van der Waals surface area contributed by atoms with E-state index in [1.54, 1.807) is 13.0 Å². The fourth-order valence-electron chi connectivity index (χ4n) is 1.96. The number of carbonyl (C=O) groups is 1. The molecule has 90 valence electrons. The number of halogens is 1. The molecule has 3 nitrogen and oxygen atoms in total. The van der Waals surface area contributed by atoms with Gasteiger partial charge < -0.3 is 9.67 Å². The molecule has 2 rings (SSSR count). The lowest BCUT2D eigenvalue weighted by atomic mass is 10.1. The topological polar surface area (TPSA) is 42.2 Å². The highest BCUT2D eigenvalue weighted by molar-refractivity contribution is 5.81. The Balaban J connectivity index is 2.42. The van der Waals surface area contributed by atoms with Crippen LogP contribution in [0.25, 0.3) is 10.9 Å². The fourth-order valence-corrected chi connectivity index (χ4v) is 1.96. The van der Waals surface area contributed by atoms with E-state index in [1.807, 2.05) is 17.7 Å². The summed E-state index contributed by atoms with van der Waals surface area (Å²) in [6.07, 6.45) is 0.447. The van der Waals surface area contributed by atoms with E-state index >= 15 is 0 Å². The molecule has 0 aliphatic carbocycles. The van der Waals surface area contributed by atoms with Crippen molar-refractivity contribution < 1.29 is 14.3 Å². The molecule has 17 heavy (non-hydrogen) atoms. The van der Waals surface area contributed by atoms with Gasteiger partial charge in [0.05, 0.1) is 11.4 Å². The number of aliphatic carboxylic acids is 1. The molecule has 1 atom stereocenters. The van der Waals surface area contributed by atoms with Crippen molar-refractivity contribution in [1.82, 2.24) is 4.57 Å². The normalized spacial score (nSPS) is 12.9. The number of hydrogen-bond donors (Lipinski definition) is 1. The molecular formula is C13H14FNO2. The van der Waals surface area contributed by atoms with Gasteiger partial charge in [-0.1, -0.05) is 6.92 Å². The summed E-state index contributed by atoms with van der Waals surface area (Å²) < 4.78 is 15.0. The Morgan fingerprint density at radius 1 is 1.47 bits per heavy atom. The molecule has 0 saturated carbocycles. The molecule has 2 aromatic rings. The van der Waals surface area contributed by atoms with Crippen molar-refractivity contribution in [3.05, 3.63) is 35.8 Å². The van der Waals surface area contributed by atoms with Gasteiger partial charge in [-0.2, -0.15) is 0 Å². The maximum absolute atomic E-state index is 13.1. The first kappa shape index (κ1) is 11.6. The predicted octanol–water partition coefficient (Wildman–Crippen LogP) is 2.58. The summed E-state index contributed by atoms with van der Waals surface area (Å²) in [4.78, 5) is 10.8. The molecule has 0 bridgehead atoms. The Labute approximate surface area is 98.5 Å². The maximum Gasteiger partial charge on any atom is 0.306 e. The molecule has 0 saturated heterocycles. The second kappa shape index (κ2) is 4.20. The minimum atomic E-state index is -0.818. The minimum Gasteiger partial charge on any atom is -0.481 e. The highest BCUT2D eigenvalue weighted by Gasteiger charge is 2.15. The van der Waals surface area contributed by atoms with E-state index in [-0.39, 0.29) is 5.82 Å². The van der Waals surface area contributed by atoms with Crippen molar-refractivity contribution in [1.29, 1.82) is 0 Å². The van der Waals surface area contributed by atoms with E-state index in [1.165, 1.54) is 12.1 Å². The largest absolute Gasteiger partial charge is 0.481 e. The number of carboxylic acids is 1. The molecule has 0 amide bonds. The molecular weight excluding hydrogens is 221 g/mol. The number of benzene rings is 1. The van der Waals surface area contributed by atoms with Crippen molar-refractivity contribution in [2.75, 3.05) is 0 Å². The average molecular weight is 235 g/mol. The summed E-state index contributed by atoms with van der Waals surface area (Å²) in [7, 11) is 1.83. The summed E-state index contributed by atoms with van der Waals surface area (Å²) in [5, 5.41) is 9.82. The van der Waals surface area contributed by atoms with Gasteiger partial charge in [-0.15, -0.1) is 0 Å². The molecule has 0 spiro atoms. The molecule has 1 heterocycles. The smallest absolute Gasteiger partial charge is 0.306 e. The van der Waals surface area contributed by atoms with Crippen LogP contribution >= 0.6 is 0 Å². The summed E-state index contributed by atoms with van der Waals surface area (Å²) >= 11 is 0. The number of carboxylic acid groups (broad SMARTS) is 1. The Morgan fingerprint density at radius 3 is 2.82 bits per heavy atom. The second-order valence-corrected chi connectivity index (χ2v) is 4.34. The van der Waals surface area contributed by atoms with Gasteiger partial charge in [-0.3, -0.25) is 4.79 Å². The second-order valence-electron chi connectivity index (χ2n) is 4.34. The Morgan fingerprint density at radius 2 is 2.18 bits per heavy atom. The number of hydrogen-bond acceptors (Lipinski definition) is 1. The quantitative estimate of drug-likeness (QED) is 0.888. The molecule has 0 radical (unpaired) electrons. The van der Waals surface area contributed by atoms with Gasteiger partial charge in [0, 0.05) is 24.5 Å². The number of rotatable bonds is 3. The number of aromatic nitrogens is 1. The lowest BCUT2D eigenvalue weighted by Gasteiger charge is -2.07. The zero-order valence-electron chi connectivity index (χ0n) is 9.77. The SMILES string of the molecule is CC(Cc1cc2ccc(F)cc2n1C)C(=O)O. The van der Waals surface area contributed by atoms with Gasteiger partial charge in [0.15, 0.2) is 0 Å². The molecule has 0 aliphatic heterocycles. The average Bonchev–Trinajstić information content (AvgIpc) is 2.56. The first-order valence-corrected chi connectivity index (χ1v) is 5.45. The van der Waals surface area contributed by atoms with Crippen LogP contribution in [0.4, 0.5) is 4.39 Å². The van der Waals surface area contributed by atoms with Crippen molar-refractivity contribution in [3.8, 4) is 0 Å². The van der Waals surface area contributed by atoms with E-state index in [0.29, 0.717) is 6.42 Å². The molecule has 4 heteroatoms. The Bertz CT molecular complexity index is 574. The van der Waals surface area contributed by atoms with Crippen LogP contribution in [0, 0.1) is 11.7 Å². The van der Waals surface area contributed by atoms with Gasteiger partial charge in [-0.05, 0) is 24.3 Å². The fraction of sp³-hybridized carbons (Fsp3) is 0.308. The monoisotopic (exact) mass is 235 g/mol. The highest BCUT2D eigenvalue weighted by atomic mass is 19.1. The van der Waals surface area contributed by atoms with Gasteiger partial charge in [0.1, 0.15) is 5.82 Å².